The van der Waals surface area contributed by atoms with E-state index in [1.165, 1.54) is 19.2 Å². The molecule has 2 amide bonds. The van der Waals surface area contributed by atoms with Crippen LogP contribution in [0, 0.1) is 0 Å². The van der Waals surface area contributed by atoms with Crippen molar-refractivity contribution in [2.24, 2.45) is 0 Å². The number of carbonyl (C=O) groups excluding carboxylic acids is 2. The molecule has 2 aromatic heterocycles. The van der Waals surface area contributed by atoms with Gasteiger partial charge in [0.2, 0.25) is 11.3 Å². The number of para-hydroxylation sites is 1. The molecule has 0 fully saturated rings. The average molecular weight is 438 g/mol. The van der Waals surface area contributed by atoms with Gasteiger partial charge in [-0.3, -0.25) is 19.3 Å². The smallest absolute Gasteiger partial charge is 0.360 e. The third-order valence-electron chi connectivity index (χ3n) is 4.36. The molecule has 7 nitrogen and oxygen atoms in total. The number of pyridine rings is 1. The first-order chi connectivity index (χ1) is 14.1. The molecule has 0 saturated heterocycles. The number of amides is 2. The molecule has 0 spiro atoms. The van der Waals surface area contributed by atoms with Crippen molar-refractivity contribution in [3.63, 3.8) is 0 Å². The number of hydrogen-bond donors (Lipinski definition) is 2. The second-order valence-electron chi connectivity index (χ2n) is 6.37. The van der Waals surface area contributed by atoms with Crippen molar-refractivity contribution in [2.45, 2.75) is 32.6 Å². The Labute approximate surface area is 172 Å². The highest BCUT2D eigenvalue weighted by atomic mass is 32.1. The van der Waals surface area contributed by atoms with Crippen LogP contribution in [-0.4, -0.2) is 27.9 Å². The number of alkyl halides is 3. The van der Waals surface area contributed by atoms with Crippen LogP contribution in [0.4, 0.5) is 18.3 Å². The van der Waals surface area contributed by atoms with Crippen molar-refractivity contribution in [1.29, 1.82) is 0 Å². The van der Waals surface area contributed by atoms with Gasteiger partial charge in [0.1, 0.15) is 11.7 Å². The first-order valence-electron chi connectivity index (χ1n) is 8.87. The van der Waals surface area contributed by atoms with Gasteiger partial charge in [-0.2, -0.15) is 13.2 Å². The van der Waals surface area contributed by atoms with Gasteiger partial charge in [0.25, 0.3) is 5.91 Å². The topological polar surface area (TPSA) is 95.2 Å². The molecule has 0 aliphatic carbocycles. The third-order valence-corrected chi connectivity index (χ3v) is 5.13. The summed E-state index contributed by atoms with van der Waals surface area (Å²) in [5, 5.41) is 4.23. The summed E-state index contributed by atoms with van der Waals surface area (Å²) < 4.78 is 39.8. The molecule has 1 unspecified atom stereocenters. The lowest BCUT2D eigenvalue weighted by Gasteiger charge is -2.29. The predicted molar refractivity (Wildman–Crippen MR) is 106 cm³/mol. The summed E-state index contributed by atoms with van der Waals surface area (Å²) in [6, 6.07) is 3.18. The lowest BCUT2D eigenvalue weighted by atomic mass is 10.1. The number of rotatable bonds is 5. The summed E-state index contributed by atoms with van der Waals surface area (Å²) >= 11 is 1.12. The number of hydrogen-bond acceptors (Lipinski definition) is 5. The van der Waals surface area contributed by atoms with Gasteiger partial charge in [0.15, 0.2) is 5.13 Å². The largest absolute Gasteiger partial charge is 0.418 e. The lowest BCUT2D eigenvalue weighted by molar-refractivity contribution is -0.136. The number of aromatic amines is 1. The Morgan fingerprint density at radius 3 is 2.63 bits per heavy atom. The lowest BCUT2D eigenvalue weighted by Crippen LogP contribution is -2.51. The molecule has 1 aromatic carbocycles. The molecular weight excluding hydrogens is 421 g/mol. The van der Waals surface area contributed by atoms with E-state index in [4.69, 9.17) is 0 Å². The molecule has 30 heavy (non-hydrogen) atoms. The second kappa shape index (κ2) is 8.27. The van der Waals surface area contributed by atoms with E-state index < -0.39 is 40.7 Å². The van der Waals surface area contributed by atoms with Crippen LogP contribution < -0.4 is 15.6 Å². The molecule has 1 atom stereocenters. The maximum atomic E-state index is 13.3. The standard InChI is InChI=1S/C19H17F3N4O3S/c1-3-14(25-10(2)27)26(18-23-7-8-30-18)17(29)12-9-24-15-11(16(12)28)5-4-6-13(15)19(20,21)22/h4-9,14H,3H2,1-2H3,(H,24,28)(H,25,27). The Bertz CT molecular complexity index is 1140. The number of nitrogens with one attached hydrogen (secondary N) is 2. The fourth-order valence-corrected chi connectivity index (χ4v) is 3.75. The Balaban J connectivity index is 2.15. The van der Waals surface area contributed by atoms with Crippen LogP contribution >= 0.6 is 11.3 Å². The zero-order valence-electron chi connectivity index (χ0n) is 15.9. The molecular formula is C19H17F3N4O3S. The summed E-state index contributed by atoms with van der Waals surface area (Å²) in [5.74, 6) is -1.18. The van der Waals surface area contributed by atoms with Gasteiger partial charge in [-0.15, -0.1) is 11.3 Å². The normalized spacial score (nSPS) is 12.6. The number of anilines is 1. The van der Waals surface area contributed by atoms with Crippen LogP contribution in [-0.2, 0) is 11.0 Å². The van der Waals surface area contributed by atoms with E-state index >= 15 is 0 Å². The van der Waals surface area contributed by atoms with Gasteiger partial charge in [0.05, 0.1) is 11.1 Å². The van der Waals surface area contributed by atoms with Crippen LogP contribution in [0.3, 0.4) is 0 Å². The molecule has 0 radical (unpaired) electrons. The first kappa shape index (κ1) is 21.5. The number of thiazole rings is 1. The van der Waals surface area contributed by atoms with Crippen molar-refractivity contribution in [1.82, 2.24) is 15.3 Å². The van der Waals surface area contributed by atoms with Gasteiger partial charge in [0, 0.05) is 30.1 Å². The predicted octanol–water partition coefficient (Wildman–Crippen LogP) is 3.52. The van der Waals surface area contributed by atoms with Gasteiger partial charge < -0.3 is 10.3 Å². The number of benzene rings is 1. The van der Waals surface area contributed by atoms with E-state index in [0.717, 1.165) is 34.6 Å². The number of aromatic nitrogens is 2. The minimum Gasteiger partial charge on any atom is -0.360 e. The Hall–Kier alpha value is -3.21. The van der Waals surface area contributed by atoms with E-state index in [-0.39, 0.29) is 16.1 Å². The number of H-pyrrole nitrogens is 1. The monoisotopic (exact) mass is 438 g/mol. The number of halogens is 3. The highest BCUT2D eigenvalue weighted by Crippen LogP contribution is 2.33. The van der Waals surface area contributed by atoms with Crippen molar-refractivity contribution >= 4 is 39.2 Å². The molecule has 0 aliphatic heterocycles. The zero-order chi connectivity index (χ0) is 22.1. The second-order valence-corrected chi connectivity index (χ2v) is 7.24. The quantitative estimate of drug-likeness (QED) is 0.596. The minimum atomic E-state index is -4.67. The third kappa shape index (κ3) is 4.06. The number of nitrogens with zero attached hydrogens (tertiary/aromatic N) is 2. The maximum absolute atomic E-state index is 13.3. The maximum Gasteiger partial charge on any atom is 0.418 e. The van der Waals surface area contributed by atoms with E-state index in [1.54, 1.807) is 12.3 Å². The highest BCUT2D eigenvalue weighted by Gasteiger charge is 2.34. The van der Waals surface area contributed by atoms with Gasteiger partial charge in [-0.05, 0) is 18.6 Å². The minimum absolute atomic E-state index is 0.240. The van der Waals surface area contributed by atoms with Crippen LogP contribution in [0.15, 0.2) is 40.8 Å². The molecule has 2 heterocycles. The van der Waals surface area contributed by atoms with Crippen LogP contribution in [0.2, 0.25) is 0 Å². The van der Waals surface area contributed by atoms with Gasteiger partial charge >= 0.3 is 6.18 Å². The average Bonchev–Trinajstić information content (AvgIpc) is 3.20. The van der Waals surface area contributed by atoms with Crippen molar-refractivity contribution in [3.05, 3.63) is 57.3 Å². The van der Waals surface area contributed by atoms with Gasteiger partial charge in [-0.1, -0.05) is 13.0 Å². The summed E-state index contributed by atoms with van der Waals surface area (Å²) in [5.41, 5.74) is -2.61. The van der Waals surface area contributed by atoms with Gasteiger partial charge in [-0.25, -0.2) is 4.98 Å². The van der Waals surface area contributed by atoms with E-state index in [2.05, 4.69) is 15.3 Å². The Kier molecular flexibility index (Phi) is 5.92. The molecule has 0 bridgehead atoms. The number of carbonyl (C=O) groups is 2. The molecule has 2 N–H and O–H groups in total. The first-order valence-corrected chi connectivity index (χ1v) is 9.74. The van der Waals surface area contributed by atoms with E-state index in [9.17, 15) is 27.6 Å². The fourth-order valence-electron chi connectivity index (χ4n) is 3.06. The van der Waals surface area contributed by atoms with Crippen molar-refractivity contribution < 1.29 is 22.8 Å². The summed E-state index contributed by atoms with van der Waals surface area (Å²) in [6.07, 6.45) is -2.73. The Morgan fingerprint density at radius 1 is 1.33 bits per heavy atom. The van der Waals surface area contributed by atoms with Crippen LogP contribution in [0.1, 0.15) is 36.2 Å². The zero-order valence-corrected chi connectivity index (χ0v) is 16.7. The molecule has 3 rings (SSSR count). The summed E-state index contributed by atoms with van der Waals surface area (Å²) in [7, 11) is 0. The SMILES string of the molecule is CCC(NC(C)=O)N(C(=O)c1c[nH]c2c(C(F)(F)F)cccc2c1=O)c1nccs1. The molecule has 0 saturated carbocycles. The summed E-state index contributed by atoms with van der Waals surface area (Å²) in [4.78, 5) is 45.5. The highest BCUT2D eigenvalue weighted by molar-refractivity contribution is 7.13. The Morgan fingerprint density at radius 2 is 2.07 bits per heavy atom. The fraction of sp³-hybridized carbons (Fsp3) is 0.263. The molecule has 0 aliphatic rings. The van der Waals surface area contributed by atoms with Crippen molar-refractivity contribution in [2.75, 3.05) is 4.90 Å². The van der Waals surface area contributed by atoms with Crippen LogP contribution in [0.25, 0.3) is 10.9 Å². The molecule has 158 valence electrons. The molecule has 3 aromatic rings. The van der Waals surface area contributed by atoms with Crippen molar-refractivity contribution in [3.8, 4) is 0 Å². The summed E-state index contributed by atoms with van der Waals surface area (Å²) in [6.45, 7) is 3.02. The number of fused-ring (bicyclic) bond motifs is 1. The van der Waals surface area contributed by atoms with E-state index in [1.807, 2.05) is 0 Å². The molecule has 11 heteroatoms. The van der Waals surface area contributed by atoms with Crippen LogP contribution in [0.5, 0.6) is 0 Å². The van der Waals surface area contributed by atoms with E-state index in [0.29, 0.717) is 6.42 Å².